The second kappa shape index (κ2) is 5.53. The number of aliphatic hydroxyl groups excluding tert-OH is 1. The summed E-state index contributed by atoms with van der Waals surface area (Å²) in [5.74, 6) is 0.990. The molecule has 1 N–H and O–H groups in total. The van der Waals surface area contributed by atoms with Gasteiger partial charge in [-0.1, -0.05) is 36.4 Å². The number of ether oxygens (including phenoxy) is 1. The number of benzene rings is 2. The van der Waals surface area contributed by atoms with Gasteiger partial charge in [0.1, 0.15) is 5.75 Å². The fourth-order valence-corrected chi connectivity index (χ4v) is 3.45. The standard InChI is InChI=1S/C19H22O2/c1-12-8-10-17(19(21-3)13(12)2)18(20)16-11-9-14-6-4-5-7-15(14)16/h4-8,10,16,18,20H,9,11H2,1-3H3. The molecule has 1 aliphatic carbocycles. The lowest BCUT2D eigenvalue weighted by Gasteiger charge is -2.23. The molecule has 0 saturated heterocycles. The van der Waals surface area contributed by atoms with Gasteiger partial charge in [0.2, 0.25) is 0 Å². The third kappa shape index (κ3) is 2.34. The highest BCUT2D eigenvalue weighted by molar-refractivity contribution is 5.48. The maximum absolute atomic E-state index is 10.9. The van der Waals surface area contributed by atoms with Crippen molar-refractivity contribution in [3.8, 4) is 5.75 Å². The van der Waals surface area contributed by atoms with E-state index in [0.29, 0.717) is 0 Å². The number of hydrogen-bond acceptors (Lipinski definition) is 2. The van der Waals surface area contributed by atoms with Gasteiger partial charge in [0.25, 0.3) is 0 Å². The average molecular weight is 282 g/mol. The van der Waals surface area contributed by atoms with Crippen LogP contribution in [0.15, 0.2) is 36.4 Å². The van der Waals surface area contributed by atoms with Gasteiger partial charge in [-0.15, -0.1) is 0 Å². The van der Waals surface area contributed by atoms with Crippen molar-refractivity contribution in [1.29, 1.82) is 0 Å². The van der Waals surface area contributed by atoms with Crippen molar-refractivity contribution in [3.05, 3.63) is 64.2 Å². The van der Waals surface area contributed by atoms with E-state index in [-0.39, 0.29) is 5.92 Å². The normalized spacial score (nSPS) is 18.4. The van der Waals surface area contributed by atoms with Crippen molar-refractivity contribution in [1.82, 2.24) is 0 Å². The van der Waals surface area contributed by atoms with Crippen molar-refractivity contribution < 1.29 is 9.84 Å². The molecule has 2 nitrogen and oxygen atoms in total. The molecule has 0 bridgehead atoms. The van der Waals surface area contributed by atoms with Crippen LogP contribution in [0, 0.1) is 13.8 Å². The predicted molar refractivity (Wildman–Crippen MR) is 84.9 cm³/mol. The van der Waals surface area contributed by atoms with Crippen LogP contribution in [0.5, 0.6) is 5.75 Å². The van der Waals surface area contributed by atoms with Gasteiger partial charge < -0.3 is 9.84 Å². The summed E-state index contributed by atoms with van der Waals surface area (Å²) in [4.78, 5) is 0. The first-order chi connectivity index (χ1) is 10.1. The topological polar surface area (TPSA) is 29.5 Å². The number of rotatable bonds is 3. The first kappa shape index (κ1) is 14.2. The Morgan fingerprint density at radius 2 is 1.90 bits per heavy atom. The van der Waals surface area contributed by atoms with Crippen molar-refractivity contribution >= 4 is 0 Å². The summed E-state index contributed by atoms with van der Waals surface area (Å²) in [5.41, 5.74) is 5.85. The molecule has 0 aliphatic heterocycles. The van der Waals surface area contributed by atoms with Gasteiger partial charge in [0, 0.05) is 11.5 Å². The molecule has 0 aromatic heterocycles. The summed E-state index contributed by atoms with van der Waals surface area (Å²) in [7, 11) is 1.68. The summed E-state index contributed by atoms with van der Waals surface area (Å²) in [5, 5.41) is 10.9. The van der Waals surface area contributed by atoms with Crippen molar-refractivity contribution in [3.63, 3.8) is 0 Å². The maximum Gasteiger partial charge on any atom is 0.127 e. The SMILES string of the molecule is COc1c(C(O)C2CCc3ccccc32)ccc(C)c1C. The number of aryl methyl sites for hydroxylation is 2. The lowest BCUT2D eigenvalue weighted by molar-refractivity contribution is 0.141. The first-order valence-electron chi connectivity index (χ1n) is 7.53. The molecule has 0 fully saturated rings. The molecule has 2 unspecified atom stereocenters. The largest absolute Gasteiger partial charge is 0.496 e. The quantitative estimate of drug-likeness (QED) is 0.919. The number of hydrogen-bond donors (Lipinski definition) is 1. The van der Waals surface area contributed by atoms with Crippen LogP contribution in [0.4, 0.5) is 0 Å². The summed E-state index contributed by atoms with van der Waals surface area (Å²) in [6.45, 7) is 4.12. The molecule has 0 radical (unpaired) electrons. The Balaban J connectivity index is 2.01. The summed E-state index contributed by atoms with van der Waals surface area (Å²) in [6, 6.07) is 12.5. The molecule has 0 heterocycles. The van der Waals surface area contributed by atoms with Gasteiger partial charge in [-0.25, -0.2) is 0 Å². The molecule has 1 aliphatic rings. The van der Waals surface area contributed by atoms with E-state index in [4.69, 9.17) is 4.74 Å². The van der Waals surface area contributed by atoms with Crippen molar-refractivity contribution in [2.45, 2.75) is 38.7 Å². The zero-order valence-corrected chi connectivity index (χ0v) is 12.9. The molecule has 2 heteroatoms. The Morgan fingerprint density at radius 1 is 1.14 bits per heavy atom. The first-order valence-corrected chi connectivity index (χ1v) is 7.53. The molecule has 2 aromatic rings. The second-order valence-corrected chi connectivity index (χ2v) is 5.92. The molecule has 0 saturated carbocycles. The molecule has 110 valence electrons. The van der Waals surface area contributed by atoms with Gasteiger partial charge in [0.15, 0.2) is 0 Å². The van der Waals surface area contributed by atoms with E-state index >= 15 is 0 Å². The van der Waals surface area contributed by atoms with Gasteiger partial charge in [-0.2, -0.15) is 0 Å². The van der Waals surface area contributed by atoms with Crippen LogP contribution in [-0.4, -0.2) is 12.2 Å². The highest BCUT2D eigenvalue weighted by Gasteiger charge is 2.31. The Hall–Kier alpha value is -1.80. The number of fused-ring (bicyclic) bond motifs is 1. The molecule has 2 aromatic carbocycles. The Labute approximate surface area is 126 Å². The number of methoxy groups -OCH3 is 1. The van der Waals surface area contributed by atoms with Crippen LogP contribution < -0.4 is 4.74 Å². The van der Waals surface area contributed by atoms with Crippen LogP contribution in [0.25, 0.3) is 0 Å². The minimum Gasteiger partial charge on any atom is -0.496 e. The van der Waals surface area contributed by atoms with E-state index in [2.05, 4.69) is 37.3 Å². The van der Waals surface area contributed by atoms with E-state index < -0.39 is 6.10 Å². The van der Waals surface area contributed by atoms with Gasteiger partial charge in [-0.05, 0) is 48.9 Å². The van der Waals surface area contributed by atoms with Crippen molar-refractivity contribution in [2.24, 2.45) is 0 Å². The van der Waals surface area contributed by atoms with E-state index in [9.17, 15) is 5.11 Å². The smallest absolute Gasteiger partial charge is 0.127 e. The zero-order chi connectivity index (χ0) is 15.0. The lowest BCUT2D eigenvalue weighted by atomic mass is 9.88. The highest BCUT2D eigenvalue weighted by atomic mass is 16.5. The van der Waals surface area contributed by atoms with Crippen molar-refractivity contribution in [2.75, 3.05) is 7.11 Å². The summed E-state index contributed by atoms with van der Waals surface area (Å²) >= 11 is 0. The fourth-order valence-electron chi connectivity index (χ4n) is 3.45. The lowest BCUT2D eigenvalue weighted by Crippen LogP contribution is -2.10. The van der Waals surface area contributed by atoms with Gasteiger partial charge >= 0.3 is 0 Å². The highest BCUT2D eigenvalue weighted by Crippen LogP contribution is 2.44. The third-order valence-corrected chi connectivity index (χ3v) is 4.79. The Bertz CT molecular complexity index is 661. The molecular formula is C19H22O2. The third-order valence-electron chi connectivity index (χ3n) is 4.79. The number of aliphatic hydroxyl groups is 1. The van der Waals surface area contributed by atoms with E-state index in [1.807, 2.05) is 13.0 Å². The van der Waals surface area contributed by atoms with Crippen LogP contribution in [0.1, 0.15) is 46.3 Å². The minimum absolute atomic E-state index is 0.164. The molecule has 21 heavy (non-hydrogen) atoms. The molecule has 3 rings (SSSR count). The van der Waals surface area contributed by atoms with Crippen LogP contribution in [0.2, 0.25) is 0 Å². The average Bonchev–Trinajstić information content (AvgIpc) is 2.93. The van der Waals surface area contributed by atoms with E-state index in [1.165, 1.54) is 16.7 Å². The van der Waals surface area contributed by atoms with Gasteiger partial charge in [0.05, 0.1) is 13.2 Å². The van der Waals surface area contributed by atoms with E-state index in [1.54, 1.807) is 7.11 Å². The molecule has 2 atom stereocenters. The van der Waals surface area contributed by atoms with Crippen LogP contribution in [-0.2, 0) is 6.42 Å². The summed E-state index contributed by atoms with van der Waals surface area (Å²) < 4.78 is 5.57. The molecular weight excluding hydrogens is 260 g/mol. The predicted octanol–water partition coefficient (Wildman–Crippen LogP) is 4.08. The Kier molecular flexibility index (Phi) is 3.73. The second-order valence-electron chi connectivity index (χ2n) is 5.92. The zero-order valence-electron chi connectivity index (χ0n) is 12.9. The van der Waals surface area contributed by atoms with Crippen LogP contribution in [0.3, 0.4) is 0 Å². The maximum atomic E-state index is 10.9. The van der Waals surface area contributed by atoms with Gasteiger partial charge in [-0.3, -0.25) is 0 Å². The monoisotopic (exact) mass is 282 g/mol. The van der Waals surface area contributed by atoms with E-state index in [0.717, 1.165) is 29.7 Å². The molecule has 0 amide bonds. The molecule has 0 spiro atoms. The minimum atomic E-state index is -0.511. The summed E-state index contributed by atoms with van der Waals surface area (Å²) in [6.07, 6.45) is 1.53. The Morgan fingerprint density at radius 3 is 2.67 bits per heavy atom. The van der Waals surface area contributed by atoms with Crippen LogP contribution >= 0.6 is 0 Å². The fraction of sp³-hybridized carbons (Fsp3) is 0.368.